The second kappa shape index (κ2) is 6.01. The van der Waals surface area contributed by atoms with Gasteiger partial charge in [0, 0.05) is 34.2 Å². The number of carbonyl (C=O) groups excluding carboxylic acids is 1. The van der Waals surface area contributed by atoms with Crippen LogP contribution in [0.3, 0.4) is 0 Å². The van der Waals surface area contributed by atoms with Crippen molar-refractivity contribution >= 4 is 28.5 Å². The summed E-state index contributed by atoms with van der Waals surface area (Å²) in [6.45, 7) is 1.67. The van der Waals surface area contributed by atoms with Gasteiger partial charge in [-0.25, -0.2) is 0 Å². The lowest BCUT2D eigenvalue weighted by atomic mass is 9.89. The van der Waals surface area contributed by atoms with Gasteiger partial charge in [-0.15, -0.1) is 0 Å². The molecule has 0 unspecified atom stereocenters. The second-order valence-corrected chi connectivity index (χ2v) is 5.94. The van der Waals surface area contributed by atoms with Crippen LogP contribution in [0.1, 0.15) is 29.2 Å². The van der Waals surface area contributed by atoms with Crippen LogP contribution in [0.4, 0.5) is 0 Å². The van der Waals surface area contributed by atoms with Gasteiger partial charge in [-0.05, 0) is 25.1 Å². The van der Waals surface area contributed by atoms with Gasteiger partial charge in [-0.1, -0.05) is 11.6 Å². The molecule has 1 amide bonds. The molecule has 24 heavy (non-hydrogen) atoms. The molecule has 8 heteroatoms. The monoisotopic (exact) mass is 347 g/mol. The van der Waals surface area contributed by atoms with E-state index in [1.807, 2.05) is 0 Å². The molecule has 2 heterocycles. The number of amides is 1. The Kier molecular flexibility index (Phi) is 4.02. The zero-order chi connectivity index (χ0) is 17.4. The number of primary amides is 1. The molecule has 2 aromatic heterocycles. The fraction of sp³-hybridized carbons (Fsp3) is 0.188. The van der Waals surface area contributed by atoms with Gasteiger partial charge in [0.1, 0.15) is 5.58 Å². The van der Waals surface area contributed by atoms with Gasteiger partial charge in [0.2, 0.25) is 5.91 Å². The average Bonchev–Trinajstić information content (AvgIpc) is 2.85. The minimum Gasteiger partial charge on any atom is -0.464 e. The SMILES string of the molecule is Cc1[nH][nH]c(=O)c1[C@@H](CC(N)=O)c1coc2ccc(Cl)cc2c1=O. The van der Waals surface area contributed by atoms with Crippen LogP contribution in [-0.2, 0) is 4.79 Å². The van der Waals surface area contributed by atoms with Crippen LogP contribution in [-0.4, -0.2) is 16.1 Å². The fourth-order valence-corrected chi connectivity index (χ4v) is 2.97. The Morgan fingerprint density at radius 2 is 2.08 bits per heavy atom. The third-order valence-electron chi connectivity index (χ3n) is 3.90. The first-order valence-corrected chi connectivity index (χ1v) is 7.52. The zero-order valence-electron chi connectivity index (χ0n) is 12.7. The van der Waals surface area contributed by atoms with Crippen molar-refractivity contribution in [2.45, 2.75) is 19.3 Å². The molecule has 4 N–H and O–H groups in total. The average molecular weight is 348 g/mol. The van der Waals surface area contributed by atoms with Crippen LogP contribution >= 0.6 is 11.6 Å². The van der Waals surface area contributed by atoms with Gasteiger partial charge in [-0.2, -0.15) is 0 Å². The highest BCUT2D eigenvalue weighted by Crippen LogP contribution is 2.27. The van der Waals surface area contributed by atoms with E-state index in [0.29, 0.717) is 16.3 Å². The molecule has 7 nitrogen and oxygen atoms in total. The maximum Gasteiger partial charge on any atom is 0.267 e. The summed E-state index contributed by atoms with van der Waals surface area (Å²) in [6.07, 6.45) is 1.07. The van der Waals surface area contributed by atoms with E-state index < -0.39 is 17.4 Å². The third kappa shape index (κ3) is 2.74. The van der Waals surface area contributed by atoms with Crippen LogP contribution in [0.5, 0.6) is 0 Å². The maximum absolute atomic E-state index is 12.8. The molecular weight excluding hydrogens is 334 g/mol. The van der Waals surface area contributed by atoms with Crippen molar-refractivity contribution in [1.82, 2.24) is 10.2 Å². The molecule has 0 saturated carbocycles. The van der Waals surface area contributed by atoms with E-state index in [0.717, 1.165) is 0 Å². The first-order valence-electron chi connectivity index (χ1n) is 7.15. The summed E-state index contributed by atoms with van der Waals surface area (Å²) in [5, 5.41) is 5.78. The van der Waals surface area contributed by atoms with E-state index >= 15 is 0 Å². The summed E-state index contributed by atoms with van der Waals surface area (Å²) in [7, 11) is 0. The molecule has 3 aromatic rings. The molecule has 0 aliphatic rings. The standard InChI is InChI=1S/C16H14ClN3O4/c1-7-14(16(23)20-19-7)9(5-13(18)21)11-6-24-12-3-2-8(17)4-10(12)15(11)22/h2-4,6,9H,5H2,1H3,(H2,18,21)(H2,19,20,23)/t9-/m0/s1. The molecular formula is C16H14ClN3O4. The van der Waals surface area contributed by atoms with E-state index in [4.69, 9.17) is 21.8 Å². The Hall–Kier alpha value is -2.80. The van der Waals surface area contributed by atoms with Crippen LogP contribution in [0.25, 0.3) is 11.0 Å². The highest BCUT2D eigenvalue weighted by Gasteiger charge is 2.26. The van der Waals surface area contributed by atoms with Crippen LogP contribution < -0.4 is 16.7 Å². The summed E-state index contributed by atoms with van der Waals surface area (Å²) in [5.41, 5.74) is 5.89. The number of nitrogens with one attached hydrogen (secondary N) is 2. The Balaban J connectivity index is 2.27. The molecule has 0 radical (unpaired) electrons. The molecule has 0 aliphatic carbocycles. The summed E-state index contributed by atoms with van der Waals surface area (Å²) in [4.78, 5) is 36.4. The van der Waals surface area contributed by atoms with E-state index in [1.165, 1.54) is 12.3 Å². The smallest absolute Gasteiger partial charge is 0.267 e. The minimum atomic E-state index is -0.808. The lowest BCUT2D eigenvalue weighted by Gasteiger charge is -2.14. The van der Waals surface area contributed by atoms with Crippen molar-refractivity contribution in [2.24, 2.45) is 5.73 Å². The summed E-state index contributed by atoms with van der Waals surface area (Å²) in [5.74, 6) is -1.44. The number of aromatic amines is 2. The molecule has 0 spiro atoms. The Labute approximate surface area is 140 Å². The van der Waals surface area contributed by atoms with E-state index in [9.17, 15) is 14.4 Å². The minimum absolute atomic E-state index is 0.178. The van der Waals surface area contributed by atoms with Crippen molar-refractivity contribution in [2.75, 3.05) is 0 Å². The summed E-state index contributed by atoms with van der Waals surface area (Å²) in [6, 6.07) is 4.68. The number of aromatic nitrogens is 2. The quantitative estimate of drug-likeness (QED) is 0.665. The number of rotatable bonds is 4. The van der Waals surface area contributed by atoms with Crippen molar-refractivity contribution < 1.29 is 9.21 Å². The van der Waals surface area contributed by atoms with Crippen molar-refractivity contribution in [1.29, 1.82) is 0 Å². The first-order chi connectivity index (χ1) is 11.4. The number of carbonyl (C=O) groups is 1. The molecule has 0 bridgehead atoms. The number of hydrogen-bond donors (Lipinski definition) is 3. The largest absolute Gasteiger partial charge is 0.464 e. The normalized spacial score (nSPS) is 12.4. The molecule has 3 rings (SSSR count). The van der Waals surface area contributed by atoms with E-state index in [-0.39, 0.29) is 28.4 Å². The first kappa shape index (κ1) is 16.1. The van der Waals surface area contributed by atoms with Gasteiger partial charge in [-0.3, -0.25) is 19.5 Å². The maximum atomic E-state index is 12.8. The molecule has 0 saturated heterocycles. The number of H-pyrrole nitrogens is 2. The van der Waals surface area contributed by atoms with Gasteiger partial charge in [0.25, 0.3) is 5.56 Å². The number of halogens is 1. The van der Waals surface area contributed by atoms with Gasteiger partial charge in [0.15, 0.2) is 5.43 Å². The predicted octanol–water partition coefficient (Wildman–Crippen LogP) is 1.78. The van der Waals surface area contributed by atoms with E-state index in [2.05, 4.69) is 10.2 Å². The molecule has 0 fully saturated rings. The van der Waals surface area contributed by atoms with Crippen LogP contribution in [0.15, 0.2) is 38.5 Å². The zero-order valence-corrected chi connectivity index (χ0v) is 13.4. The Bertz CT molecular complexity index is 1050. The van der Waals surface area contributed by atoms with Gasteiger partial charge in [0.05, 0.1) is 11.6 Å². The van der Waals surface area contributed by atoms with Gasteiger partial charge >= 0.3 is 0 Å². The lowest BCUT2D eigenvalue weighted by Crippen LogP contribution is -2.24. The fourth-order valence-electron chi connectivity index (χ4n) is 2.80. The van der Waals surface area contributed by atoms with E-state index in [1.54, 1.807) is 19.1 Å². The predicted molar refractivity (Wildman–Crippen MR) is 89.3 cm³/mol. The second-order valence-electron chi connectivity index (χ2n) is 5.50. The number of hydrogen-bond acceptors (Lipinski definition) is 4. The lowest BCUT2D eigenvalue weighted by molar-refractivity contribution is -0.118. The third-order valence-corrected chi connectivity index (χ3v) is 4.14. The van der Waals surface area contributed by atoms with Crippen molar-refractivity contribution in [3.8, 4) is 0 Å². The Morgan fingerprint density at radius 3 is 2.71 bits per heavy atom. The van der Waals surface area contributed by atoms with Crippen LogP contribution in [0, 0.1) is 6.92 Å². The van der Waals surface area contributed by atoms with Gasteiger partial charge < -0.3 is 15.2 Å². The molecule has 1 atom stereocenters. The van der Waals surface area contributed by atoms with Crippen molar-refractivity contribution in [3.63, 3.8) is 0 Å². The number of benzene rings is 1. The highest BCUT2D eigenvalue weighted by molar-refractivity contribution is 6.31. The summed E-state index contributed by atoms with van der Waals surface area (Å²) < 4.78 is 5.49. The topological polar surface area (TPSA) is 122 Å². The Morgan fingerprint density at radius 1 is 1.33 bits per heavy atom. The highest BCUT2D eigenvalue weighted by atomic mass is 35.5. The molecule has 0 aliphatic heterocycles. The number of nitrogens with two attached hydrogens (primary N) is 1. The number of fused-ring (bicyclic) bond motifs is 1. The molecule has 1 aromatic carbocycles. The van der Waals surface area contributed by atoms with Crippen molar-refractivity contribution in [3.05, 3.63) is 66.9 Å². The summed E-state index contributed by atoms with van der Waals surface area (Å²) >= 11 is 5.94. The molecule has 124 valence electrons. The number of aryl methyl sites for hydroxylation is 1. The van der Waals surface area contributed by atoms with Crippen LogP contribution in [0.2, 0.25) is 5.02 Å².